The lowest BCUT2D eigenvalue weighted by atomic mass is 10.1. The van der Waals surface area contributed by atoms with Crippen molar-refractivity contribution in [3.05, 3.63) is 59.8 Å². The number of rotatable bonds is 5. The number of amides is 1. The molecule has 1 amide bonds. The quantitative estimate of drug-likeness (QED) is 0.771. The number of aryl methyl sites for hydroxylation is 2. The summed E-state index contributed by atoms with van der Waals surface area (Å²) in [6.07, 6.45) is 1.49. The molecule has 0 fully saturated rings. The van der Waals surface area contributed by atoms with E-state index < -0.39 is 0 Å². The van der Waals surface area contributed by atoms with Gasteiger partial charge in [-0.05, 0) is 31.2 Å². The zero-order valence-corrected chi connectivity index (χ0v) is 14.4. The van der Waals surface area contributed by atoms with E-state index in [1.807, 2.05) is 37.3 Å². The first-order valence-electron chi connectivity index (χ1n) is 7.81. The summed E-state index contributed by atoms with van der Waals surface area (Å²) < 4.78 is 6.80. The fourth-order valence-electron chi connectivity index (χ4n) is 2.47. The van der Waals surface area contributed by atoms with Gasteiger partial charge in [0.25, 0.3) is 5.91 Å². The van der Waals surface area contributed by atoms with Crippen LogP contribution in [0.1, 0.15) is 21.9 Å². The molecular formula is C18H19N5O2. The minimum Gasteiger partial charge on any atom is -0.497 e. The molecule has 3 aromatic rings. The third-order valence-corrected chi connectivity index (χ3v) is 3.77. The molecule has 3 rings (SSSR count). The Morgan fingerprint density at radius 3 is 2.84 bits per heavy atom. The third-order valence-electron chi connectivity index (χ3n) is 3.77. The normalized spacial score (nSPS) is 10.5. The van der Waals surface area contributed by atoms with Crippen molar-refractivity contribution in [1.29, 1.82) is 0 Å². The fraction of sp³-hybridized carbons (Fsp3) is 0.222. The van der Waals surface area contributed by atoms with Gasteiger partial charge in [0.1, 0.15) is 17.8 Å². The van der Waals surface area contributed by atoms with E-state index in [0.717, 1.165) is 22.7 Å². The molecule has 7 heteroatoms. The number of hydrogen-bond acceptors (Lipinski definition) is 5. The number of carbonyl (C=O) groups is 1. The van der Waals surface area contributed by atoms with Crippen molar-refractivity contribution in [2.24, 2.45) is 7.05 Å². The van der Waals surface area contributed by atoms with Crippen LogP contribution in [-0.2, 0) is 13.6 Å². The second kappa shape index (κ2) is 7.12. The monoisotopic (exact) mass is 337 g/mol. The van der Waals surface area contributed by atoms with Gasteiger partial charge < -0.3 is 10.1 Å². The van der Waals surface area contributed by atoms with E-state index in [9.17, 15) is 4.79 Å². The molecule has 0 atom stereocenters. The van der Waals surface area contributed by atoms with Crippen LogP contribution in [0.4, 0.5) is 0 Å². The van der Waals surface area contributed by atoms with Gasteiger partial charge in [-0.1, -0.05) is 12.1 Å². The second-order valence-electron chi connectivity index (χ2n) is 5.60. The summed E-state index contributed by atoms with van der Waals surface area (Å²) in [7, 11) is 3.36. The van der Waals surface area contributed by atoms with Crippen molar-refractivity contribution >= 4 is 5.91 Å². The Bertz CT molecular complexity index is 904. The lowest BCUT2D eigenvalue weighted by Gasteiger charge is -2.05. The molecule has 7 nitrogen and oxygen atoms in total. The highest BCUT2D eigenvalue weighted by Crippen LogP contribution is 2.23. The van der Waals surface area contributed by atoms with Crippen molar-refractivity contribution in [2.45, 2.75) is 13.5 Å². The van der Waals surface area contributed by atoms with Gasteiger partial charge in [-0.3, -0.25) is 9.48 Å². The summed E-state index contributed by atoms with van der Waals surface area (Å²) in [6.45, 7) is 2.22. The topological polar surface area (TPSA) is 81.9 Å². The van der Waals surface area contributed by atoms with E-state index in [2.05, 4.69) is 20.4 Å². The highest BCUT2D eigenvalue weighted by molar-refractivity contribution is 5.93. The lowest BCUT2D eigenvalue weighted by Crippen LogP contribution is -2.25. The molecule has 0 spiro atoms. The van der Waals surface area contributed by atoms with E-state index in [-0.39, 0.29) is 5.91 Å². The fourth-order valence-corrected chi connectivity index (χ4v) is 2.47. The number of aromatic nitrogens is 4. The molecule has 0 aliphatic rings. The third kappa shape index (κ3) is 3.82. The second-order valence-corrected chi connectivity index (χ2v) is 5.60. The average Bonchev–Trinajstić information content (AvgIpc) is 3.02. The zero-order chi connectivity index (χ0) is 17.8. The predicted molar refractivity (Wildman–Crippen MR) is 93.1 cm³/mol. The van der Waals surface area contributed by atoms with Gasteiger partial charge in [0.15, 0.2) is 0 Å². The minimum absolute atomic E-state index is 0.208. The minimum atomic E-state index is -0.208. The zero-order valence-electron chi connectivity index (χ0n) is 14.4. The molecule has 0 bridgehead atoms. The Kier molecular flexibility index (Phi) is 4.74. The maximum Gasteiger partial charge on any atom is 0.269 e. The van der Waals surface area contributed by atoms with Crippen LogP contribution in [0.15, 0.2) is 42.7 Å². The number of ether oxygens (including phenoxy) is 1. The van der Waals surface area contributed by atoms with Crippen LogP contribution in [0.2, 0.25) is 0 Å². The summed E-state index contributed by atoms with van der Waals surface area (Å²) in [5.74, 6) is 0.536. The molecule has 1 aromatic carbocycles. The molecule has 1 N–H and O–H groups in total. The molecule has 0 unspecified atom stereocenters. The van der Waals surface area contributed by atoms with Crippen molar-refractivity contribution in [2.75, 3.05) is 7.11 Å². The van der Waals surface area contributed by atoms with E-state index in [0.29, 0.717) is 17.9 Å². The van der Waals surface area contributed by atoms with Gasteiger partial charge in [0.2, 0.25) is 0 Å². The number of methoxy groups -OCH3 is 1. The molecule has 0 saturated carbocycles. The summed E-state index contributed by atoms with van der Waals surface area (Å²) in [5.41, 5.74) is 3.70. The van der Waals surface area contributed by atoms with Gasteiger partial charge in [-0.25, -0.2) is 9.97 Å². The van der Waals surface area contributed by atoms with E-state index in [4.69, 9.17) is 4.74 Å². The molecule has 2 aromatic heterocycles. The Hall–Kier alpha value is -3.22. The van der Waals surface area contributed by atoms with E-state index >= 15 is 0 Å². The maximum atomic E-state index is 12.5. The first kappa shape index (κ1) is 16.6. The first-order valence-corrected chi connectivity index (χ1v) is 7.81. The number of nitrogens with zero attached hydrogens (tertiary/aromatic N) is 4. The highest BCUT2D eigenvalue weighted by atomic mass is 16.5. The molecular weight excluding hydrogens is 318 g/mol. The van der Waals surface area contributed by atoms with Crippen molar-refractivity contribution in [3.8, 4) is 17.0 Å². The number of benzene rings is 1. The van der Waals surface area contributed by atoms with Crippen LogP contribution in [0.25, 0.3) is 11.3 Å². The standard InChI is InChI=1S/C18H19N5O2/c1-12-7-14(21-11-20-12)10-19-18(24)17-9-16(22-23(17)2)13-5-4-6-15(8-13)25-3/h4-9,11H,10H2,1-3H3,(H,19,24). The molecule has 0 radical (unpaired) electrons. The van der Waals surface area contributed by atoms with E-state index in [1.54, 1.807) is 24.9 Å². The number of nitrogens with one attached hydrogen (secondary N) is 1. The Morgan fingerprint density at radius 2 is 2.08 bits per heavy atom. The Labute approximate surface area is 145 Å². The molecule has 0 aliphatic heterocycles. The van der Waals surface area contributed by atoms with Gasteiger partial charge in [-0.2, -0.15) is 5.10 Å². The summed E-state index contributed by atoms with van der Waals surface area (Å²) in [5, 5.41) is 7.28. The Morgan fingerprint density at radius 1 is 1.24 bits per heavy atom. The Balaban J connectivity index is 1.76. The maximum absolute atomic E-state index is 12.5. The lowest BCUT2D eigenvalue weighted by molar-refractivity contribution is 0.0941. The largest absolute Gasteiger partial charge is 0.497 e. The molecule has 2 heterocycles. The molecule has 0 aliphatic carbocycles. The van der Waals surface area contributed by atoms with Crippen LogP contribution in [0.3, 0.4) is 0 Å². The number of hydrogen-bond donors (Lipinski definition) is 1. The van der Waals surface area contributed by atoms with E-state index in [1.165, 1.54) is 6.33 Å². The van der Waals surface area contributed by atoms with Crippen LogP contribution in [-0.4, -0.2) is 32.8 Å². The molecule has 128 valence electrons. The van der Waals surface area contributed by atoms with Gasteiger partial charge in [-0.15, -0.1) is 0 Å². The average molecular weight is 337 g/mol. The molecule has 25 heavy (non-hydrogen) atoms. The van der Waals surface area contributed by atoms with Gasteiger partial charge in [0.05, 0.1) is 25.0 Å². The predicted octanol–water partition coefficient (Wildman–Crippen LogP) is 2.12. The highest BCUT2D eigenvalue weighted by Gasteiger charge is 2.14. The van der Waals surface area contributed by atoms with Crippen molar-refractivity contribution in [3.63, 3.8) is 0 Å². The van der Waals surface area contributed by atoms with Crippen LogP contribution < -0.4 is 10.1 Å². The van der Waals surface area contributed by atoms with Crippen molar-refractivity contribution in [1.82, 2.24) is 25.1 Å². The SMILES string of the molecule is COc1cccc(-c2cc(C(=O)NCc3cc(C)ncn3)n(C)n2)c1. The summed E-state index contributed by atoms with van der Waals surface area (Å²) in [4.78, 5) is 20.6. The number of carbonyl (C=O) groups excluding carboxylic acids is 1. The van der Waals surface area contributed by atoms with Crippen LogP contribution in [0.5, 0.6) is 5.75 Å². The van der Waals surface area contributed by atoms with Gasteiger partial charge in [0, 0.05) is 18.3 Å². The van der Waals surface area contributed by atoms with Crippen LogP contribution in [0, 0.1) is 6.92 Å². The first-order chi connectivity index (χ1) is 12.1. The summed E-state index contributed by atoms with van der Waals surface area (Å²) >= 11 is 0. The summed E-state index contributed by atoms with van der Waals surface area (Å²) in [6, 6.07) is 11.2. The molecule has 0 saturated heterocycles. The smallest absolute Gasteiger partial charge is 0.269 e. The van der Waals surface area contributed by atoms with Gasteiger partial charge >= 0.3 is 0 Å². The van der Waals surface area contributed by atoms with Crippen LogP contribution >= 0.6 is 0 Å². The van der Waals surface area contributed by atoms with Crippen molar-refractivity contribution < 1.29 is 9.53 Å².